The van der Waals surface area contributed by atoms with Crippen molar-refractivity contribution in [2.24, 2.45) is 0 Å². The molecule has 0 bridgehead atoms. The largest absolute Gasteiger partial charge is 0.437 e. The number of rotatable bonds is 2. The van der Waals surface area contributed by atoms with E-state index in [0.29, 0.717) is 43.3 Å². The van der Waals surface area contributed by atoms with Crippen LogP contribution in [0.5, 0.6) is 0 Å². The van der Waals surface area contributed by atoms with Gasteiger partial charge < -0.3 is 19.9 Å². The number of anilines is 1. The van der Waals surface area contributed by atoms with Gasteiger partial charge in [-0.15, -0.1) is 0 Å². The molecule has 2 aromatic heterocycles. The van der Waals surface area contributed by atoms with E-state index in [1.165, 1.54) is 11.1 Å². The second-order valence-electron chi connectivity index (χ2n) is 10.1. The standard InChI is InChI=1S/C25H23ClF3N7O4/c26-17-8-13-9-18(21(37)36(12-25(27,28)29)11-15(13)14-10-31-34-19(14)17)32-22(38)35-6-3-24(4-7-35)16-2-1-5-30-20(16)33-23(39)40-24/h1-2,5,8,10,18H,3-4,6-7,9,11-12H2,(H,31,34)(H,32,38)(H,30,33,39)/t18-/m1/s1. The summed E-state index contributed by atoms with van der Waals surface area (Å²) in [6.45, 7) is -1.43. The molecule has 1 atom stereocenters. The predicted molar refractivity (Wildman–Crippen MR) is 135 cm³/mol. The van der Waals surface area contributed by atoms with Crippen molar-refractivity contribution >= 4 is 46.4 Å². The lowest BCUT2D eigenvalue weighted by atomic mass is 9.83. The van der Waals surface area contributed by atoms with Crippen LogP contribution in [0.25, 0.3) is 10.9 Å². The Morgan fingerprint density at radius 3 is 2.80 bits per heavy atom. The van der Waals surface area contributed by atoms with E-state index >= 15 is 0 Å². The number of hydrogen-bond acceptors (Lipinski definition) is 6. The number of ether oxygens (including phenoxy) is 1. The topological polar surface area (TPSA) is 133 Å². The number of H-pyrrole nitrogens is 1. The maximum atomic E-state index is 13.5. The van der Waals surface area contributed by atoms with Gasteiger partial charge in [0, 0.05) is 56.0 Å². The third-order valence-electron chi connectivity index (χ3n) is 7.61. The Morgan fingerprint density at radius 2 is 2.05 bits per heavy atom. The maximum absolute atomic E-state index is 13.5. The number of pyridine rings is 1. The van der Waals surface area contributed by atoms with Gasteiger partial charge in [-0.2, -0.15) is 18.3 Å². The molecule has 40 heavy (non-hydrogen) atoms. The first-order valence-electron chi connectivity index (χ1n) is 12.5. The molecule has 5 heterocycles. The number of nitrogens with one attached hydrogen (secondary N) is 3. The number of alkyl halides is 3. The summed E-state index contributed by atoms with van der Waals surface area (Å²) in [4.78, 5) is 45.2. The number of benzene rings is 1. The smallest absolute Gasteiger partial charge is 0.413 e. The Balaban J connectivity index is 1.23. The average molecular weight is 578 g/mol. The molecule has 1 aromatic carbocycles. The van der Waals surface area contributed by atoms with Crippen molar-refractivity contribution in [3.05, 3.63) is 52.3 Å². The van der Waals surface area contributed by atoms with Gasteiger partial charge in [0.2, 0.25) is 5.91 Å². The highest BCUT2D eigenvalue weighted by Gasteiger charge is 2.46. The summed E-state index contributed by atoms with van der Waals surface area (Å²) < 4.78 is 46.0. The van der Waals surface area contributed by atoms with Crippen molar-refractivity contribution in [2.75, 3.05) is 25.0 Å². The monoisotopic (exact) mass is 577 g/mol. The van der Waals surface area contributed by atoms with Crippen LogP contribution < -0.4 is 10.6 Å². The van der Waals surface area contributed by atoms with Crippen LogP contribution in [0.3, 0.4) is 0 Å². The number of carbonyl (C=O) groups is 3. The minimum atomic E-state index is -4.64. The molecule has 0 unspecified atom stereocenters. The van der Waals surface area contributed by atoms with E-state index in [4.69, 9.17) is 16.3 Å². The number of hydrogen-bond donors (Lipinski definition) is 3. The first-order chi connectivity index (χ1) is 19.0. The number of amides is 4. The Hall–Kier alpha value is -4.07. The minimum Gasteiger partial charge on any atom is -0.437 e. The van der Waals surface area contributed by atoms with Gasteiger partial charge in [-0.05, 0) is 29.3 Å². The van der Waals surface area contributed by atoms with Crippen LogP contribution in [-0.4, -0.2) is 74.9 Å². The van der Waals surface area contributed by atoms with Crippen molar-refractivity contribution in [1.82, 2.24) is 30.3 Å². The number of fused-ring (bicyclic) bond motifs is 5. The predicted octanol–water partition coefficient (Wildman–Crippen LogP) is 3.69. The van der Waals surface area contributed by atoms with E-state index in [0.717, 1.165) is 0 Å². The van der Waals surface area contributed by atoms with Crippen LogP contribution in [0, 0.1) is 0 Å². The second kappa shape index (κ2) is 9.54. The minimum absolute atomic E-state index is 0.0464. The summed E-state index contributed by atoms with van der Waals surface area (Å²) in [6.07, 6.45) is -1.76. The Morgan fingerprint density at radius 1 is 1.27 bits per heavy atom. The fraction of sp³-hybridized carbons (Fsp3) is 0.400. The molecule has 0 radical (unpaired) electrons. The molecule has 0 aliphatic carbocycles. The molecule has 6 rings (SSSR count). The van der Waals surface area contributed by atoms with Crippen LogP contribution in [0.15, 0.2) is 30.6 Å². The fourth-order valence-corrected chi connectivity index (χ4v) is 6.00. The van der Waals surface area contributed by atoms with E-state index in [1.807, 2.05) is 0 Å². The molecular weight excluding hydrogens is 555 g/mol. The van der Waals surface area contributed by atoms with E-state index in [1.54, 1.807) is 24.4 Å². The van der Waals surface area contributed by atoms with Crippen molar-refractivity contribution < 1.29 is 32.3 Å². The van der Waals surface area contributed by atoms with Crippen LogP contribution in [-0.2, 0) is 28.1 Å². The third-order valence-corrected chi connectivity index (χ3v) is 7.91. The van der Waals surface area contributed by atoms with Gasteiger partial charge in [0.15, 0.2) is 0 Å². The normalized spacial score (nSPS) is 20.4. The average Bonchev–Trinajstić information content (AvgIpc) is 3.36. The first-order valence-corrected chi connectivity index (χ1v) is 12.9. The molecular formula is C25H23ClF3N7O4. The maximum Gasteiger partial charge on any atom is 0.413 e. The summed E-state index contributed by atoms with van der Waals surface area (Å²) >= 11 is 6.37. The molecule has 1 fully saturated rings. The van der Waals surface area contributed by atoms with Gasteiger partial charge in [-0.25, -0.2) is 14.6 Å². The quantitative estimate of drug-likeness (QED) is 0.426. The molecule has 15 heteroatoms. The van der Waals surface area contributed by atoms with Gasteiger partial charge in [0.05, 0.1) is 16.7 Å². The molecule has 4 amide bonds. The number of carbonyl (C=O) groups excluding carboxylic acids is 3. The van der Waals surface area contributed by atoms with E-state index in [-0.39, 0.29) is 38.9 Å². The second-order valence-corrected chi connectivity index (χ2v) is 10.5. The summed E-state index contributed by atoms with van der Waals surface area (Å²) in [5, 5.41) is 12.7. The number of likely N-dealkylation sites (tertiary alicyclic amines) is 1. The lowest BCUT2D eigenvalue weighted by Gasteiger charge is -2.43. The van der Waals surface area contributed by atoms with E-state index < -0.39 is 42.4 Å². The number of aromatic amines is 1. The zero-order chi connectivity index (χ0) is 28.2. The summed E-state index contributed by atoms with van der Waals surface area (Å²) in [6, 6.07) is 3.26. The van der Waals surface area contributed by atoms with Gasteiger partial charge in [-0.3, -0.25) is 15.2 Å². The third kappa shape index (κ3) is 4.65. The summed E-state index contributed by atoms with van der Waals surface area (Å²) in [5.74, 6) is -0.454. The molecule has 11 nitrogen and oxygen atoms in total. The molecule has 3 aromatic rings. The van der Waals surface area contributed by atoms with Crippen LogP contribution in [0.4, 0.5) is 28.6 Å². The zero-order valence-electron chi connectivity index (χ0n) is 20.8. The SMILES string of the molecule is O=C1Nc2ncccc2C2(CCN(C(=O)N[C@@H]3Cc4cc(Cl)c5[nH]ncc5c4CN(CC(F)(F)F)C3=O)CC2)O1. The molecule has 210 valence electrons. The van der Waals surface area contributed by atoms with Crippen LogP contribution >= 0.6 is 11.6 Å². The lowest BCUT2D eigenvalue weighted by molar-refractivity contribution is -0.163. The van der Waals surface area contributed by atoms with Crippen LogP contribution in [0.2, 0.25) is 5.02 Å². The molecule has 3 aliphatic rings. The molecule has 0 saturated carbocycles. The summed E-state index contributed by atoms with van der Waals surface area (Å²) in [5.41, 5.74) is 1.24. The molecule has 1 saturated heterocycles. The van der Waals surface area contributed by atoms with Crippen molar-refractivity contribution in [2.45, 2.75) is 43.6 Å². The lowest BCUT2D eigenvalue weighted by Crippen LogP contribution is -2.56. The molecule has 3 N–H and O–H groups in total. The highest BCUT2D eigenvalue weighted by molar-refractivity contribution is 6.35. The Labute approximate surface area is 230 Å². The van der Waals surface area contributed by atoms with Gasteiger partial charge in [0.1, 0.15) is 24.0 Å². The number of piperidine rings is 1. The highest BCUT2D eigenvalue weighted by Crippen LogP contribution is 2.42. The number of aromatic nitrogens is 3. The summed E-state index contributed by atoms with van der Waals surface area (Å²) in [7, 11) is 0. The first kappa shape index (κ1) is 26.2. The van der Waals surface area contributed by atoms with Crippen molar-refractivity contribution in [1.29, 1.82) is 0 Å². The van der Waals surface area contributed by atoms with E-state index in [2.05, 4.69) is 25.8 Å². The van der Waals surface area contributed by atoms with Crippen molar-refractivity contribution in [3.8, 4) is 0 Å². The molecule has 1 spiro atoms. The van der Waals surface area contributed by atoms with Crippen molar-refractivity contribution in [3.63, 3.8) is 0 Å². The van der Waals surface area contributed by atoms with Gasteiger partial charge >= 0.3 is 18.3 Å². The highest BCUT2D eigenvalue weighted by atomic mass is 35.5. The molecule has 3 aliphatic heterocycles. The Bertz CT molecular complexity index is 1520. The number of nitrogens with zero attached hydrogens (tertiary/aromatic N) is 4. The van der Waals surface area contributed by atoms with Gasteiger partial charge in [0.25, 0.3) is 0 Å². The Kier molecular flexibility index (Phi) is 6.24. The number of urea groups is 1. The van der Waals surface area contributed by atoms with Gasteiger partial charge in [-0.1, -0.05) is 11.6 Å². The zero-order valence-corrected chi connectivity index (χ0v) is 21.6. The fourth-order valence-electron chi connectivity index (χ4n) is 5.72. The number of halogens is 4. The van der Waals surface area contributed by atoms with E-state index in [9.17, 15) is 27.6 Å². The van der Waals surface area contributed by atoms with Crippen LogP contribution in [0.1, 0.15) is 29.5 Å².